The normalized spacial score (nSPS) is 14.6. The molecule has 1 saturated carbocycles. The quantitative estimate of drug-likeness (QED) is 0.872. The lowest BCUT2D eigenvalue weighted by Gasteiger charge is -2.08. The molecule has 0 unspecified atom stereocenters. The van der Waals surface area contributed by atoms with E-state index in [0.29, 0.717) is 16.1 Å². The van der Waals surface area contributed by atoms with Gasteiger partial charge in [-0.3, -0.25) is 4.79 Å². The highest BCUT2D eigenvalue weighted by atomic mass is 35.5. The van der Waals surface area contributed by atoms with Crippen molar-refractivity contribution >= 4 is 34.8 Å². The number of carbonyl (C=O) groups is 1. The smallest absolute Gasteiger partial charge is 0.239 e. The van der Waals surface area contributed by atoms with Gasteiger partial charge in [0.2, 0.25) is 5.91 Å². The molecule has 2 N–H and O–H groups in total. The molecule has 1 amide bonds. The van der Waals surface area contributed by atoms with Crippen LogP contribution in [0.25, 0.3) is 0 Å². The Morgan fingerprint density at radius 1 is 1.38 bits per heavy atom. The van der Waals surface area contributed by atoms with Gasteiger partial charge in [-0.25, -0.2) is 0 Å². The molecule has 0 atom stereocenters. The van der Waals surface area contributed by atoms with Gasteiger partial charge in [-0.1, -0.05) is 23.2 Å². The maximum Gasteiger partial charge on any atom is 0.239 e. The molecule has 1 aromatic rings. The maximum atomic E-state index is 11.4. The molecular formula is C11H12Cl2N2O. The van der Waals surface area contributed by atoms with Gasteiger partial charge in [0.15, 0.2) is 0 Å². The fourth-order valence-corrected chi connectivity index (χ4v) is 1.79. The highest BCUT2D eigenvalue weighted by Crippen LogP contribution is 2.25. The van der Waals surface area contributed by atoms with Gasteiger partial charge in [-0.15, -0.1) is 0 Å². The summed E-state index contributed by atoms with van der Waals surface area (Å²) in [6.45, 7) is 0.234. The summed E-state index contributed by atoms with van der Waals surface area (Å²) >= 11 is 11.7. The number of nitrogens with one attached hydrogen (secondary N) is 2. The van der Waals surface area contributed by atoms with E-state index in [1.165, 1.54) is 0 Å². The predicted octanol–water partition coefficient (Wildman–Crippen LogP) is 2.68. The summed E-state index contributed by atoms with van der Waals surface area (Å²) < 4.78 is 0. The average Bonchev–Trinajstić information content (AvgIpc) is 3.00. The predicted molar refractivity (Wildman–Crippen MR) is 66.1 cm³/mol. The summed E-state index contributed by atoms with van der Waals surface area (Å²) in [7, 11) is 0. The molecule has 1 aromatic carbocycles. The molecule has 0 aromatic heterocycles. The molecule has 1 fully saturated rings. The van der Waals surface area contributed by atoms with Crippen LogP contribution in [0, 0.1) is 0 Å². The highest BCUT2D eigenvalue weighted by molar-refractivity contribution is 6.36. The van der Waals surface area contributed by atoms with Gasteiger partial charge in [0.25, 0.3) is 0 Å². The van der Waals surface area contributed by atoms with E-state index in [4.69, 9.17) is 23.2 Å². The van der Waals surface area contributed by atoms with Crippen LogP contribution in [0.15, 0.2) is 18.2 Å². The van der Waals surface area contributed by atoms with Gasteiger partial charge in [0.1, 0.15) is 0 Å². The molecule has 1 aliphatic carbocycles. The Balaban J connectivity index is 1.85. The summed E-state index contributed by atoms with van der Waals surface area (Å²) in [5, 5.41) is 6.96. The minimum absolute atomic E-state index is 0.00600. The third-order valence-corrected chi connectivity index (χ3v) is 2.86. The van der Waals surface area contributed by atoms with E-state index in [-0.39, 0.29) is 12.5 Å². The third-order valence-electron chi connectivity index (χ3n) is 2.31. The number of carbonyl (C=O) groups excluding carboxylic acids is 1. The molecule has 3 nitrogen and oxygen atoms in total. The minimum Gasteiger partial charge on any atom is -0.375 e. The lowest BCUT2D eigenvalue weighted by atomic mass is 10.3. The SMILES string of the molecule is O=C(CNc1ccc(Cl)cc1Cl)NC1CC1. The van der Waals surface area contributed by atoms with E-state index in [9.17, 15) is 4.79 Å². The van der Waals surface area contributed by atoms with Crippen molar-refractivity contribution in [2.75, 3.05) is 11.9 Å². The number of rotatable bonds is 4. The van der Waals surface area contributed by atoms with Gasteiger partial charge in [-0.2, -0.15) is 0 Å². The molecule has 0 aliphatic heterocycles. The maximum absolute atomic E-state index is 11.4. The van der Waals surface area contributed by atoms with Gasteiger partial charge in [0, 0.05) is 11.1 Å². The largest absolute Gasteiger partial charge is 0.375 e. The number of halogens is 2. The molecule has 0 spiro atoms. The van der Waals surface area contributed by atoms with Crippen LogP contribution < -0.4 is 10.6 Å². The number of anilines is 1. The van der Waals surface area contributed by atoms with Crippen molar-refractivity contribution in [1.82, 2.24) is 5.32 Å². The van der Waals surface area contributed by atoms with Crippen molar-refractivity contribution in [3.8, 4) is 0 Å². The lowest BCUT2D eigenvalue weighted by Crippen LogP contribution is -2.31. The van der Waals surface area contributed by atoms with E-state index in [0.717, 1.165) is 18.5 Å². The van der Waals surface area contributed by atoms with E-state index in [2.05, 4.69) is 10.6 Å². The number of amides is 1. The summed E-state index contributed by atoms with van der Waals surface area (Å²) in [5.41, 5.74) is 0.719. The van der Waals surface area contributed by atoms with Crippen LogP contribution in [0.4, 0.5) is 5.69 Å². The van der Waals surface area contributed by atoms with E-state index < -0.39 is 0 Å². The fraction of sp³-hybridized carbons (Fsp3) is 0.364. The zero-order valence-corrected chi connectivity index (χ0v) is 10.1. The van der Waals surface area contributed by atoms with E-state index >= 15 is 0 Å². The van der Waals surface area contributed by atoms with Crippen molar-refractivity contribution < 1.29 is 4.79 Å². The molecular weight excluding hydrogens is 247 g/mol. The standard InChI is InChI=1S/C11H12Cl2N2O/c12-7-1-4-10(9(13)5-7)14-6-11(16)15-8-2-3-8/h1,4-5,8,14H,2-3,6H2,(H,15,16). The van der Waals surface area contributed by atoms with E-state index in [1.54, 1.807) is 18.2 Å². The number of hydrogen-bond acceptors (Lipinski definition) is 2. The van der Waals surface area contributed by atoms with Crippen LogP contribution in [0.2, 0.25) is 10.0 Å². The van der Waals surface area contributed by atoms with Crippen molar-refractivity contribution in [2.45, 2.75) is 18.9 Å². The summed E-state index contributed by atoms with van der Waals surface area (Å²) in [4.78, 5) is 11.4. The van der Waals surface area contributed by atoms with Crippen molar-refractivity contribution in [3.63, 3.8) is 0 Å². The molecule has 1 aliphatic rings. The summed E-state index contributed by atoms with van der Waals surface area (Å²) in [5.74, 6) is -0.00600. The first kappa shape index (κ1) is 11.6. The van der Waals surface area contributed by atoms with Crippen LogP contribution >= 0.6 is 23.2 Å². The monoisotopic (exact) mass is 258 g/mol. The van der Waals surface area contributed by atoms with Gasteiger partial charge in [0.05, 0.1) is 17.3 Å². The molecule has 5 heteroatoms. The van der Waals surface area contributed by atoms with Crippen molar-refractivity contribution in [3.05, 3.63) is 28.2 Å². The fourth-order valence-electron chi connectivity index (χ4n) is 1.31. The van der Waals surface area contributed by atoms with Gasteiger partial charge >= 0.3 is 0 Å². The first-order valence-corrected chi connectivity index (χ1v) is 5.89. The summed E-state index contributed by atoms with van der Waals surface area (Å²) in [6, 6.07) is 5.52. The topological polar surface area (TPSA) is 41.1 Å². The van der Waals surface area contributed by atoms with Crippen LogP contribution in [-0.2, 0) is 4.79 Å². The zero-order chi connectivity index (χ0) is 11.5. The average molecular weight is 259 g/mol. The third kappa shape index (κ3) is 3.29. The molecule has 0 radical (unpaired) electrons. The lowest BCUT2D eigenvalue weighted by molar-refractivity contribution is -0.119. The van der Waals surface area contributed by atoms with Crippen LogP contribution in [0.1, 0.15) is 12.8 Å². The number of hydrogen-bond donors (Lipinski definition) is 2. The van der Waals surface area contributed by atoms with Gasteiger partial charge < -0.3 is 10.6 Å². The molecule has 0 heterocycles. The molecule has 0 bridgehead atoms. The van der Waals surface area contributed by atoms with Crippen molar-refractivity contribution in [2.24, 2.45) is 0 Å². The van der Waals surface area contributed by atoms with Crippen LogP contribution in [-0.4, -0.2) is 18.5 Å². The van der Waals surface area contributed by atoms with Crippen molar-refractivity contribution in [1.29, 1.82) is 0 Å². The Bertz CT molecular complexity index is 405. The van der Waals surface area contributed by atoms with E-state index in [1.807, 2.05) is 0 Å². The Labute approximate surface area is 104 Å². The molecule has 0 saturated heterocycles. The first-order valence-electron chi connectivity index (χ1n) is 5.13. The molecule has 86 valence electrons. The highest BCUT2D eigenvalue weighted by Gasteiger charge is 2.22. The first-order chi connectivity index (χ1) is 7.65. The molecule has 16 heavy (non-hydrogen) atoms. The number of benzene rings is 1. The minimum atomic E-state index is -0.00600. The Kier molecular flexibility index (Phi) is 3.56. The second-order valence-corrected chi connectivity index (χ2v) is 4.66. The van der Waals surface area contributed by atoms with Gasteiger partial charge in [-0.05, 0) is 31.0 Å². The summed E-state index contributed by atoms with van der Waals surface area (Å²) in [6.07, 6.45) is 2.18. The second-order valence-electron chi connectivity index (χ2n) is 3.82. The zero-order valence-electron chi connectivity index (χ0n) is 8.59. The second kappa shape index (κ2) is 4.93. The van der Waals surface area contributed by atoms with Crippen LogP contribution in [0.5, 0.6) is 0 Å². The Morgan fingerprint density at radius 3 is 2.75 bits per heavy atom. The molecule has 2 rings (SSSR count). The Morgan fingerprint density at radius 2 is 2.12 bits per heavy atom. The Hall–Kier alpha value is -0.930. The van der Waals surface area contributed by atoms with Crippen LogP contribution in [0.3, 0.4) is 0 Å².